The average molecular weight is 535 g/mol. The highest BCUT2D eigenvalue weighted by molar-refractivity contribution is 7.99. The molecule has 3 amide bonds. The molecule has 0 unspecified atom stereocenters. The topological polar surface area (TPSA) is 111 Å². The van der Waals surface area contributed by atoms with Gasteiger partial charge in [-0.05, 0) is 85.2 Å². The van der Waals surface area contributed by atoms with E-state index in [0.29, 0.717) is 17.8 Å². The van der Waals surface area contributed by atoms with E-state index in [0.717, 1.165) is 41.2 Å². The minimum atomic E-state index is -0.939. The van der Waals surface area contributed by atoms with Crippen molar-refractivity contribution in [3.8, 4) is 0 Å². The number of nitrogens with zero attached hydrogens (tertiary/aromatic N) is 2. The lowest BCUT2D eigenvalue weighted by molar-refractivity contribution is -0.112. The summed E-state index contributed by atoms with van der Waals surface area (Å²) in [6, 6.07) is 17.3. The molecule has 4 rings (SSSR count). The Kier molecular flexibility index (Phi) is 8.75. The lowest BCUT2D eigenvalue weighted by atomic mass is 10.1. The van der Waals surface area contributed by atoms with E-state index in [9.17, 15) is 18.8 Å². The van der Waals surface area contributed by atoms with Crippen LogP contribution >= 0.6 is 11.8 Å². The average Bonchev–Trinajstić information content (AvgIpc) is 3.17. The molecule has 3 N–H and O–H groups in total. The number of anilines is 2. The van der Waals surface area contributed by atoms with Crippen LogP contribution in [0.2, 0.25) is 0 Å². The van der Waals surface area contributed by atoms with Crippen LogP contribution in [0.3, 0.4) is 0 Å². The summed E-state index contributed by atoms with van der Waals surface area (Å²) >= 11 is 1.65. The van der Waals surface area contributed by atoms with Gasteiger partial charge < -0.3 is 15.3 Å². The van der Waals surface area contributed by atoms with Crippen molar-refractivity contribution in [3.63, 3.8) is 0 Å². The van der Waals surface area contributed by atoms with Crippen molar-refractivity contribution in [2.75, 3.05) is 22.5 Å². The van der Waals surface area contributed by atoms with Gasteiger partial charge in [0, 0.05) is 22.7 Å². The number of hydrogen-bond acceptors (Lipinski definition) is 5. The summed E-state index contributed by atoms with van der Waals surface area (Å²) < 4.78 is 13.1. The molecule has 8 nitrogen and oxygen atoms in total. The Balaban J connectivity index is 1.41. The normalized spacial score (nSPS) is 13.5. The zero-order valence-electron chi connectivity index (χ0n) is 20.7. The minimum Gasteiger partial charge on any atom is -0.478 e. The van der Waals surface area contributed by atoms with E-state index in [1.54, 1.807) is 28.8 Å². The molecule has 0 atom stereocenters. The molecule has 3 aromatic rings. The molecule has 38 heavy (non-hydrogen) atoms. The summed E-state index contributed by atoms with van der Waals surface area (Å²) in [5.74, 6) is -0.803. The molecule has 0 aromatic heterocycles. The number of carbonyl (C=O) groups is 3. The van der Waals surface area contributed by atoms with E-state index in [2.05, 4.69) is 15.8 Å². The molecule has 0 radical (unpaired) electrons. The quantitative estimate of drug-likeness (QED) is 0.180. The number of halogens is 1. The number of hydrogen-bond donors (Lipinski definition) is 3. The zero-order valence-corrected chi connectivity index (χ0v) is 21.6. The number of fused-ring (bicyclic) bond motifs is 1. The van der Waals surface area contributed by atoms with Crippen molar-refractivity contribution in [2.24, 2.45) is 5.10 Å². The molecule has 0 saturated heterocycles. The maximum Gasteiger partial charge on any atom is 0.339 e. The van der Waals surface area contributed by atoms with Crippen molar-refractivity contribution in [1.82, 2.24) is 5.43 Å². The van der Waals surface area contributed by atoms with E-state index < -0.39 is 17.8 Å². The number of carboxylic acid groups (broad SMARTS) is 1. The largest absolute Gasteiger partial charge is 0.478 e. The molecule has 0 bridgehead atoms. The van der Waals surface area contributed by atoms with Crippen LogP contribution in [0.5, 0.6) is 0 Å². The van der Waals surface area contributed by atoms with Gasteiger partial charge in [-0.25, -0.2) is 19.4 Å². The molecule has 1 aliphatic rings. The molecule has 0 spiro atoms. The summed E-state index contributed by atoms with van der Waals surface area (Å²) in [6.45, 7) is 2.51. The number of carboxylic acids is 1. The number of benzene rings is 3. The number of urea groups is 1. The van der Waals surface area contributed by atoms with Crippen LogP contribution in [0, 0.1) is 5.82 Å². The second kappa shape index (κ2) is 12.4. The Morgan fingerprint density at radius 3 is 2.47 bits per heavy atom. The zero-order chi connectivity index (χ0) is 27.1. The molecule has 0 fully saturated rings. The van der Waals surface area contributed by atoms with Crippen LogP contribution < -0.4 is 15.6 Å². The van der Waals surface area contributed by atoms with Crippen LogP contribution in [-0.2, 0) is 11.2 Å². The molecule has 3 aromatic carbocycles. The molecule has 0 saturated carbocycles. The van der Waals surface area contributed by atoms with Crippen molar-refractivity contribution >= 4 is 46.8 Å². The Hall–Kier alpha value is -4.18. The number of aromatic carboxylic acids is 1. The fraction of sp³-hybridized carbons (Fsp3) is 0.214. The second-order valence-electron chi connectivity index (χ2n) is 8.62. The van der Waals surface area contributed by atoms with Gasteiger partial charge >= 0.3 is 12.0 Å². The van der Waals surface area contributed by atoms with Gasteiger partial charge in [0.25, 0.3) is 5.91 Å². The summed E-state index contributed by atoms with van der Waals surface area (Å²) in [7, 11) is 0. The third-order valence-corrected chi connectivity index (χ3v) is 6.94. The molecule has 1 aliphatic heterocycles. The standard InChI is InChI=1S/C28H27FN4O4S/c1-2-15-33-24-14-13-22(38-16-3-4-18-5-7-19(8-6-18)27(35)36)17-23(24)25(26(33)34)31-32-28(37)30-21-11-9-20(29)10-12-21/h5-14,17H,2-4,15-16H2,1H3,(H,35,36)(H2,30,32,37)/b31-25-. The van der Waals surface area contributed by atoms with Crippen LogP contribution in [0.1, 0.15) is 41.3 Å². The fourth-order valence-corrected chi connectivity index (χ4v) is 4.91. The van der Waals surface area contributed by atoms with Crippen LogP contribution in [0.15, 0.2) is 76.7 Å². The Morgan fingerprint density at radius 2 is 1.79 bits per heavy atom. The Bertz CT molecular complexity index is 1360. The van der Waals surface area contributed by atoms with E-state index in [1.165, 1.54) is 24.3 Å². The number of hydrazone groups is 1. The molecular formula is C28H27FN4O4S. The van der Waals surface area contributed by atoms with Crippen molar-refractivity contribution in [2.45, 2.75) is 31.1 Å². The number of nitrogens with one attached hydrogen (secondary N) is 2. The summed E-state index contributed by atoms with van der Waals surface area (Å²) in [4.78, 5) is 39.0. The number of aryl methyl sites for hydroxylation is 1. The van der Waals surface area contributed by atoms with Crippen molar-refractivity contribution < 1.29 is 23.9 Å². The maximum absolute atomic E-state index is 13.1. The highest BCUT2D eigenvalue weighted by Gasteiger charge is 2.34. The first-order chi connectivity index (χ1) is 18.4. The van der Waals surface area contributed by atoms with Gasteiger partial charge in [0.05, 0.1) is 11.3 Å². The Labute approximate surface area is 223 Å². The summed E-state index contributed by atoms with van der Waals surface area (Å²) in [5, 5.41) is 15.7. The van der Waals surface area contributed by atoms with Gasteiger partial charge in [0.1, 0.15) is 5.82 Å². The van der Waals surface area contributed by atoms with E-state index in [-0.39, 0.29) is 17.2 Å². The molecule has 0 aliphatic carbocycles. The van der Waals surface area contributed by atoms with Crippen LogP contribution in [0.25, 0.3) is 0 Å². The van der Waals surface area contributed by atoms with Gasteiger partial charge in [-0.3, -0.25) is 4.79 Å². The molecule has 1 heterocycles. The van der Waals surface area contributed by atoms with Crippen LogP contribution in [-0.4, -0.2) is 41.0 Å². The number of thioether (sulfide) groups is 1. The molecule has 10 heteroatoms. The highest BCUT2D eigenvalue weighted by atomic mass is 32.2. The lowest BCUT2D eigenvalue weighted by Gasteiger charge is -2.15. The first-order valence-corrected chi connectivity index (χ1v) is 13.2. The third kappa shape index (κ3) is 6.57. The maximum atomic E-state index is 13.1. The fourth-order valence-electron chi connectivity index (χ4n) is 4.02. The van der Waals surface area contributed by atoms with E-state index >= 15 is 0 Å². The predicted octanol–water partition coefficient (Wildman–Crippen LogP) is 5.53. The lowest BCUT2D eigenvalue weighted by Crippen LogP contribution is -2.33. The van der Waals surface area contributed by atoms with Gasteiger partial charge in [-0.15, -0.1) is 11.8 Å². The second-order valence-corrected chi connectivity index (χ2v) is 9.79. The third-order valence-electron chi connectivity index (χ3n) is 5.86. The SMILES string of the molecule is CCCN1C(=O)/C(=N\NC(=O)Nc2ccc(F)cc2)c2cc(SCCCc3ccc(C(=O)O)cc3)ccc21. The smallest absolute Gasteiger partial charge is 0.339 e. The number of rotatable bonds is 10. The highest BCUT2D eigenvalue weighted by Crippen LogP contribution is 2.33. The minimum absolute atomic E-state index is 0.156. The first kappa shape index (κ1) is 26.9. The predicted molar refractivity (Wildman–Crippen MR) is 147 cm³/mol. The molecular weight excluding hydrogens is 507 g/mol. The summed E-state index contributed by atoms with van der Waals surface area (Å²) in [6.07, 6.45) is 2.47. The number of amides is 3. The molecule has 196 valence electrons. The Morgan fingerprint density at radius 1 is 1.05 bits per heavy atom. The van der Waals surface area contributed by atoms with Gasteiger partial charge in [0.2, 0.25) is 0 Å². The summed E-state index contributed by atoms with van der Waals surface area (Å²) in [5.41, 5.74) is 5.67. The van der Waals surface area contributed by atoms with E-state index in [4.69, 9.17) is 5.11 Å². The van der Waals surface area contributed by atoms with Gasteiger partial charge in [-0.1, -0.05) is 19.1 Å². The van der Waals surface area contributed by atoms with Crippen molar-refractivity contribution in [3.05, 3.63) is 89.2 Å². The van der Waals surface area contributed by atoms with Gasteiger partial charge in [-0.2, -0.15) is 5.10 Å². The van der Waals surface area contributed by atoms with E-state index in [1.807, 2.05) is 37.3 Å². The van der Waals surface area contributed by atoms with Crippen molar-refractivity contribution in [1.29, 1.82) is 0 Å². The van der Waals surface area contributed by atoms with Gasteiger partial charge in [0.15, 0.2) is 5.71 Å². The number of carbonyl (C=O) groups excluding carboxylic acids is 2. The van der Waals surface area contributed by atoms with Crippen LogP contribution in [0.4, 0.5) is 20.6 Å². The monoisotopic (exact) mass is 534 g/mol. The first-order valence-electron chi connectivity index (χ1n) is 12.2.